The lowest BCUT2D eigenvalue weighted by Gasteiger charge is -2.32. The van der Waals surface area contributed by atoms with Crippen LogP contribution in [0.2, 0.25) is 0 Å². The molecule has 0 bridgehead atoms. The summed E-state index contributed by atoms with van der Waals surface area (Å²) in [5.41, 5.74) is 3.52. The zero-order valence-corrected chi connectivity index (χ0v) is 14.7. The van der Waals surface area contributed by atoms with Crippen LogP contribution in [0, 0.1) is 6.92 Å². The first kappa shape index (κ1) is 15.9. The summed E-state index contributed by atoms with van der Waals surface area (Å²) < 4.78 is 5.84. The lowest BCUT2D eigenvalue weighted by molar-refractivity contribution is 0.0937. The molecule has 24 heavy (non-hydrogen) atoms. The Bertz CT molecular complexity index is 631. The molecule has 4 nitrogen and oxygen atoms in total. The fourth-order valence-electron chi connectivity index (χ4n) is 4.94. The molecule has 4 rings (SSSR count). The summed E-state index contributed by atoms with van der Waals surface area (Å²) in [6, 6.07) is 3.97. The molecule has 0 aromatic heterocycles. The van der Waals surface area contributed by atoms with Crippen LogP contribution in [0.5, 0.6) is 5.75 Å². The molecule has 0 saturated carbocycles. The van der Waals surface area contributed by atoms with Crippen molar-refractivity contribution in [2.24, 2.45) is 0 Å². The normalized spacial score (nSPS) is 21.9. The van der Waals surface area contributed by atoms with Gasteiger partial charge in [0.25, 0.3) is 5.91 Å². The molecular weight excluding hydrogens is 300 g/mol. The Kier molecular flexibility index (Phi) is 4.25. The maximum atomic E-state index is 12.7. The lowest BCUT2D eigenvalue weighted by Crippen LogP contribution is -2.41. The molecule has 1 N–H and O–H groups in total. The molecule has 1 aromatic rings. The highest BCUT2D eigenvalue weighted by Crippen LogP contribution is 2.41. The van der Waals surface area contributed by atoms with Gasteiger partial charge < -0.3 is 10.1 Å². The minimum Gasteiger partial charge on any atom is -0.492 e. The summed E-state index contributed by atoms with van der Waals surface area (Å²) in [6.45, 7) is 6.07. The fraction of sp³-hybridized carbons (Fsp3) is 0.650. The van der Waals surface area contributed by atoms with Crippen LogP contribution in [0.15, 0.2) is 12.1 Å². The first-order valence-corrected chi connectivity index (χ1v) is 9.48. The van der Waals surface area contributed by atoms with Crippen LogP contribution in [0.4, 0.5) is 0 Å². The summed E-state index contributed by atoms with van der Waals surface area (Å²) in [6.07, 6.45) is 8.35. The number of benzene rings is 1. The smallest absolute Gasteiger partial charge is 0.255 e. The Morgan fingerprint density at radius 2 is 2.04 bits per heavy atom. The van der Waals surface area contributed by atoms with Gasteiger partial charge in [-0.3, -0.25) is 9.69 Å². The van der Waals surface area contributed by atoms with E-state index in [0.717, 1.165) is 38.2 Å². The van der Waals surface area contributed by atoms with Crippen molar-refractivity contribution in [2.75, 3.05) is 26.2 Å². The molecule has 3 aliphatic heterocycles. The van der Waals surface area contributed by atoms with Crippen LogP contribution < -0.4 is 10.1 Å². The van der Waals surface area contributed by atoms with Crippen LogP contribution in [-0.4, -0.2) is 42.6 Å². The van der Waals surface area contributed by atoms with Gasteiger partial charge in [-0.25, -0.2) is 0 Å². The number of ether oxygens (including phenoxy) is 1. The highest BCUT2D eigenvalue weighted by Gasteiger charge is 2.43. The van der Waals surface area contributed by atoms with E-state index in [0.29, 0.717) is 11.1 Å². The van der Waals surface area contributed by atoms with Gasteiger partial charge in [0.1, 0.15) is 5.75 Å². The number of rotatable bonds is 4. The van der Waals surface area contributed by atoms with E-state index in [9.17, 15) is 4.79 Å². The van der Waals surface area contributed by atoms with Gasteiger partial charge >= 0.3 is 0 Å². The van der Waals surface area contributed by atoms with E-state index < -0.39 is 0 Å². The van der Waals surface area contributed by atoms with E-state index in [-0.39, 0.29) is 5.91 Å². The van der Waals surface area contributed by atoms with Crippen molar-refractivity contribution in [1.29, 1.82) is 0 Å². The SMILES string of the molecule is Cc1ccc(C(=O)NCCC23CCCN2CCC3)c2c1CCCO2. The summed E-state index contributed by atoms with van der Waals surface area (Å²) >= 11 is 0. The van der Waals surface area contributed by atoms with E-state index >= 15 is 0 Å². The second-order valence-corrected chi connectivity index (χ2v) is 7.61. The lowest BCUT2D eigenvalue weighted by atomic mass is 9.90. The largest absolute Gasteiger partial charge is 0.492 e. The molecule has 1 amide bonds. The number of fused-ring (bicyclic) bond motifs is 2. The second-order valence-electron chi connectivity index (χ2n) is 7.61. The van der Waals surface area contributed by atoms with Gasteiger partial charge in [0.05, 0.1) is 12.2 Å². The third-order valence-corrected chi connectivity index (χ3v) is 6.24. The number of carbonyl (C=O) groups is 1. The standard InChI is InChI=1S/C20H28N2O2/c1-15-6-7-17(18-16(15)5-2-14-24-18)19(23)21-11-10-20-8-3-12-22(20)13-4-9-20/h6-7H,2-5,8-14H2,1H3,(H,21,23). The number of amides is 1. The highest BCUT2D eigenvalue weighted by molar-refractivity contribution is 5.97. The van der Waals surface area contributed by atoms with E-state index in [4.69, 9.17) is 4.74 Å². The Morgan fingerprint density at radius 3 is 2.83 bits per heavy atom. The minimum atomic E-state index is 0.0205. The van der Waals surface area contributed by atoms with Crippen LogP contribution in [0.1, 0.15) is 60.0 Å². The van der Waals surface area contributed by atoms with Crippen LogP contribution in [0.25, 0.3) is 0 Å². The monoisotopic (exact) mass is 328 g/mol. The maximum absolute atomic E-state index is 12.7. The number of hydrogen-bond donors (Lipinski definition) is 1. The van der Waals surface area contributed by atoms with Crippen molar-refractivity contribution in [3.63, 3.8) is 0 Å². The zero-order valence-electron chi connectivity index (χ0n) is 14.7. The average Bonchev–Trinajstić information content (AvgIpc) is 3.15. The van der Waals surface area contributed by atoms with E-state index in [1.54, 1.807) is 0 Å². The van der Waals surface area contributed by atoms with Crippen molar-refractivity contribution < 1.29 is 9.53 Å². The number of aryl methyl sites for hydroxylation is 1. The van der Waals surface area contributed by atoms with Crippen molar-refractivity contribution in [3.05, 3.63) is 28.8 Å². The Labute approximate surface area is 144 Å². The highest BCUT2D eigenvalue weighted by atomic mass is 16.5. The van der Waals surface area contributed by atoms with Crippen LogP contribution in [-0.2, 0) is 6.42 Å². The maximum Gasteiger partial charge on any atom is 0.255 e. The van der Waals surface area contributed by atoms with Crippen LogP contribution >= 0.6 is 0 Å². The second kappa shape index (κ2) is 6.40. The first-order valence-electron chi connectivity index (χ1n) is 9.48. The first-order chi connectivity index (χ1) is 11.7. The fourth-order valence-corrected chi connectivity index (χ4v) is 4.94. The Morgan fingerprint density at radius 1 is 1.25 bits per heavy atom. The van der Waals surface area contributed by atoms with Crippen molar-refractivity contribution in [1.82, 2.24) is 10.2 Å². The third kappa shape index (κ3) is 2.71. The predicted octanol–water partition coefficient (Wildman–Crippen LogP) is 3.07. The van der Waals surface area contributed by atoms with Gasteiger partial charge in [-0.15, -0.1) is 0 Å². The molecule has 2 fully saturated rings. The van der Waals surface area contributed by atoms with Gasteiger partial charge in [0.15, 0.2) is 0 Å². The molecule has 0 aliphatic carbocycles. The number of nitrogens with one attached hydrogen (secondary N) is 1. The molecule has 2 saturated heterocycles. The molecule has 0 atom stereocenters. The summed E-state index contributed by atoms with van der Waals surface area (Å²) in [4.78, 5) is 15.3. The third-order valence-electron chi connectivity index (χ3n) is 6.24. The summed E-state index contributed by atoms with van der Waals surface area (Å²) in [5, 5.41) is 3.16. The average molecular weight is 328 g/mol. The Hall–Kier alpha value is -1.55. The van der Waals surface area contributed by atoms with Gasteiger partial charge in [0, 0.05) is 12.1 Å². The molecule has 130 valence electrons. The molecule has 3 aliphatic rings. The van der Waals surface area contributed by atoms with Gasteiger partial charge in [-0.05, 0) is 82.2 Å². The summed E-state index contributed by atoms with van der Waals surface area (Å²) in [7, 11) is 0. The molecule has 0 radical (unpaired) electrons. The van der Waals surface area contributed by atoms with Gasteiger partial charge in [-0.1, -0.05) is 6.07 Å². The molecule has 3 heterocycles. The van der Waals surface area contributed by atoms with E-state index in [1.807, 2.05) is 6.07 Å². The van der Waals surface area contributed by atoms with E-state index in [2.05, 4.69) is 23.2 Å². The van der Waals surface area contributed by atoms with Crippen molar-refractivity contribution >= 4 is 5.91 Å². The molecule has 0 spiro atoms. The number of nitrogens with zero attached hydrogens (tertiary/aromatic N) is 1. The summed E-state index contributed by atoms with van der Waals surface area (Å²) in [5.74, 6) is 0.840. The molecule has 0 unspecified atom stereocenters. The molecule has 1 aromatic carbocycles. The van der Waals surface area contributed by atoms with Gasteiger partial charge in [-0.2, -0.15) is 0 Å². The van der Waals surface area contributed by atoms with E-state index in [1.165, 1.54) is 49.9 Å². The predicted molar refractivity (Wildman–Crippen MR) is 94.7 cm³/mol. The van der Waals surface area contributed by atoms with Crippen molar-refractivity contribution in [3.8, 4) is 5.75 Å². The minimum absolute atomic E-state index is 0.0205. The molecular formula is C20H28N2O2. The zero-order chi connectivity index (χ0) is 16.6. The number of carbonyl (C=O) groups excluding carboxylic acids is 1. The quantitative estimate of drug-likeness (QED) is 0.923. The Balaban J connectivity index is 1.42. The number of hydrogen-bond acceptors (Lipinski definition) is 3. The topological polar surface area (TPSA) is 41.6 Å². The van der Waals surface area contributed by atoms with Gasteiger partial charge in [0.2, 0.25) is 0 Å². The molecule has 4 heteroatoms. The van der Waals surface area contributed by atoms with Crippen molar-refractivity contribution in [2.45, 2.75) is 57.4 Å². The van der Waals surface area contributed by atoms with Crippen LogP contribution in [0.3, 0.4) is 0 Å².